The van der Waals surface area contributed by atoms with Crippen LogP contribution in [0.5, 0.6) is 0 Å². The predicted molar refractivity (Wildman–Crippen MR) is 78.8 cm³/mol. The third-order valence-electron chi connectivity index (χ3n) is 2.30. The maximum absolute atomic E-state index is 4.49. The van der Waals surface area contributed by atoms with Gasteiger partial charge in [-0.3, -0.25) is 9.98 Å². The summed E-state index contributed by atoms with van der Waals surface area (Å²) in [6.07, 6.45) is 5.64. The minimum atomic E-state index is 0.848. The van der Waals surface area contributed by atoms with Gasteiger partial charge in [0, 0.05) is 6.20 Å². The Morgan fingerprint density at radius 1 is 1.22 bits per heavy atom. The molecule has 0 fully saturated rings. The monoisotopic (exact) mass is 240 g/mol. The van der Waals surface area contributed by atoms with Gasteiger partial charge < -0.3 is 0 Å². The van der Waals surface area contributed by atoms with Crippen molar-refractivity contribution >= 4 is 6.21 Å². The minimum Gasteiger partial charge on any atom is -0.255 e. The first-order valence-electron chi connectivity index (χ1n) is 5.97. The van der Waals surface area contributed by atoms with Gasteiger partial charge in [0.25, 0.3) is 0 Å². The maximum Gasteiger partial charge on any atom is 0.0812 e. The first-order valence-corrected chi connectivity index (χ1v) is 5.97. The van der Waals surface area contributed by atoms with Gasteiger partial charge in [0.1, 0.15) is 0 Å². The summed E-state index contributed by atoms with van der Waals surface area (Å²) in [5, 5.41) is 0. The van der Waals surface area contributed by atoms with Crippen LogP contribution in [0.25, 0.3) is 0 Å². The molecule has 0 N–H and O–H groups in total. The highest BCUT2D eigenvalue weighted by molar-refractivity contribution is 5.78. The fraction of sp³-hybridized carbons (Fsp3) is 0.250. The van der Waals surface area contributed by atoms with Crippen molar-refractivity contribution in [3.63, 3.8) is 0 Å². The van der Waals surface area contributed by atoms with Gasteiger partial charge in [0.2, 0.25) is 0 Å². The summed E-state index contributed by atoms with van der Waals surface area (Å²) < 4.78 is 0. The summed E-state index contributed by atoms with van der Waals surface area (Å²) in [6, 6.07) is 5.76. The molecule has 0 aliphatic carbocycles. The predicted octanol–water partition coefficient (Wildman–Crippen LogP) is 4.32. The smallest absolute Gasteiger partial charge is 0.0812 e. The molecular formula is C16H20N2. The lowest BCUT2D eigenvalue weighted by Crippen LogP contribution is -1.90. The van der Waals surface area contributed by atoms with Crippen molar-refractivity contribution in [1.29, 1.82) is 0 Å². The molecule has 0 aliphatic rings. The van der Waals surface area contributed by atoms with E-state index in [2.05, 4.69) is 36.5 Å². The zero-order valence-electron chi connectivity index (χ0n) is 11.6. The molecule has 0 aromatic carbocycles. The van der Waals surface area contributed by atoms with Crippen LogP contribution in [0.1, 0.15) is 33.4 Å². The number of rotatable bonds is 4. The van der Waals surface area contributed by atoms with E-state index in [1.54, 1.807) is 12.4 Å². The summed E-state index contributed by atoms with van der Waals surface area (Å²) in [6.45, 7) is 12.1. The Balaban J connectivity index is 3.06. The van der Waals surface area contributed by atoms with E-state index < -0.39 is 0 Å². The molecule has 0 spiro atoms. The lowest BCUT2D eigenvalue weighted by molar-refractivity contribution is 1.21. The maximum atomic E-state index is 4.49. The highest BCUT2D eigenvalue weighted by atomic mass is 14.8. The molecule has 0 atom stereocenters. The standard InChI is InChI=1S/C16H20N2/c1-12(2)10-14(5)16(13(3)4)18-11-15-8-6-7-9-17-15/h6-11H,3H2,1-2,4-5H3/b16-14+,18-11+. The number of aromatic nitrogens is 1. The molecule has 0 bridgehead atoms. The zero-order chi connectivity index (χ0) is 13.5. The van der Waals surface area contributed by atoms with Crippen LogP contribution < -0.4 is 0 Å². The second kappa shape index (κ2) is 6.70. The molecule has 94 valence electrons. The van der Waals surface area contributed by atoms with Crippen LogP contribution >= 0.6 is 0 Å². The molecule has 1 aromatic heterocycles. The van der Waals surface area contributed by atoms with Crippen LogP contribution in [0.2, 0.25) is 0 Å². The van der Waals surface area contributed by atoms with Crippen molar-refractivity contribution in [2.75, 3.05) is 0 Å². The van der Waals surface area contributed by atoms with Crippen LogP contribution in [-0.4, -0.2) is 11.2 Å². The number of hydrogen-bond donors (Lipinski definition) is 0. The largest absolute Gasteiger partial charge is 0.255 e. The third-order valence-corrected chi connectivity index (χ3v) is 2.30. The SMILES string of the molecule is C=C(C)C(/N=C/c1ccccn1)=C(/C)C=C(C)C. The molecule has 0 saturated heterocycles. The normalized spacial score (nSPS) is 12.2. The van der Waals surface area contributed by atoms with Crippen LogP contribution in [0.15, 0.2) is 64.5 Å². The lowest BCUT2D eigenvalue weighted by Gasteiger charge is -2.04. The Morgan fingerprint density at radius 3 is 2.44 bits per heavy atom. The van der Waals surface area contributed by atoms with E-state index in [1.807, 2.05) is 32.0 Å². The summed E-state index contributed by atoms with van der Waals surface area (Å²) in [4.78, 5) is 8.71. The van der Waals surface area contributed by atoms with E-state index in [4.69, 9.17) is 0 Å². The van der Waals surface area contributed by atoms with Crippen molar-refractivity contribution in [2.24, 2.45) is 4.99 Å². The van der Waals surface area contributed by atoms with Crippen LogP contribution in [0, 0.1) is 0 Å². The lowest BCUT2D eigenvalue weighted by atomic mass is 10.1. The zero-order valence-corrected chi connectivity index (χ0v) is 11.6. The molecule has 1 aromatic rings. The van der Waals surface area contributed by atoms with Crippen LogP contribution in [0.3, 0.4) is 0 Å². The van der Waals surface area contributed by atoms with E-state index in [1.165, 1.54) is 5.57 Å². The molecule has 0 amide bonds. The van der Waals surface area contributed by atoms with Crippen molar-refractivity contribution in [2.45, 2.75) is 27.7 Å². The van der Waals surface area contributed by atoms with Crippen LogP contribution in [0.4, 0.5) is 0 Å². The van der Waals surface area contributed by atoms with Crippen LogP contribution in [-0.2, 0) is 0 Å². The average molecular weight is 240 g/mol. The van der Waals surface area contributed by atoms with E-state index in [-0.39, 0.29) is 0 Å². The van der Waals surface area contributed by atoms with Crippen molar-refractivity contribution in [3.8, 4) is 0 Å². The molecule has 2 heteroatoms. The van der Waals surface area contributed by atoms with Gasteiger partial charge in [-0.25, -0.2) is 0 Å². The Hall–Kier alpha value is -1.96. The van der Waals surface area contributed by atoms with Gasteiger partial charge >= 0.3 is 0 Å². The van der Waals surface area contributed by atoms with Gasteiger partial charge in [-0.2, -0.15) is 0 Å². The topological polar surface area (TPSA) is 25.2 Å². The van der Waals surface area contributed by atoms with Gasteiger partial charge in [0.05, 0.1) is 17.6 Å². The Morgan fingerprint density at radius 2 is 1.94 bits per heavy atom. The van der Waals surface area contributed by atoms with Crippen molar-refractivity contribution in [1.82, 2.24) is 4.98 Å². The summed E-state index contributed by atoms with van der Waals surface area (Å²) in [7, 11) is 0. The summed E-state index contributed by atoms with van der Waals surface area (Å²) in [5.74, 6) is 0. The molecule has 1 rings (SSSR count). The Bertz CT molecular complexity index is 501. The highest BCUT2D eigenvalue weighted by Crippen LogP contribution is 2.16. The van der Waals surface area contributed by atoms with Crippen molar-refractivity contribution < 1.29 is 0 Å². The first kappa shape index (κ1) is 14.1. The van der Waals surface area contributed by atoms with Crippen molar-refractivity contribution in [3.05, 3.63) is 65.2 Å². The number of aliphatic imine (C=N–C) groups is 1. The summed E-state index contributed by atoms with van der Waals surface area (Å²) in [5.41, 5.74) is 5.09. The van der Waals surface area contributed by atoms with Gasteiger partial charge in [-0.1, -0.05) is 24.3 Å². The molecule has 0 unspecified atom stereocenters. The van der Waals surface area contributed by atoms with E-state index in [0.29, 0.717) is 0 Å². The highest BCUT2D eigenvalue weighted by Gasteiger charge is 2.00. The molecule has 18 heavy (non-hydrogen) atoms. The van der Waals surface area contributed by atoms with E-state index in [0.717, 1.165) is 22.5 Å². The van der Waals surface area contributed by atoms with Gasteiger partial charge in [0.15, 0.2) is 0 Å². The number of pyridine rings is 1. The molecule has 2 nitrogen and oxygen atoms in total. The second-order valence-electron chi connectivity index (χ2n) is 4.55. The van der Waals surface area contributed by atoms with E-state index in [9.17, 15) is 0 Å². The number of allylic oxidation sites excluding steroid dienone is 4. The Kier molecular flexibility index (Phi) is 5.25. The van der Waals surface area contributed by atoms with E-state index >= 15 is 0 Å². The Labute approximate surface area is 109 Å². The minimum absolute atomic E-state index is 0.848. The quantitative estimate of drug-likeness (QED) is 0.568. The number of nitrogens with zero attached hydrogens (tertiary/aromatic N) is 2. The fourth-order valence-electron chi connectivity index (χ4n) is 1.63. The number of hydrogen-bond acceptors (Lipinski definition) is 2. The molecule has 1 heterocycles. The second-order valence-corrected chi connectivity index (χ2v) is 4.55. The fourth-order valence-corrected chi connectivity index (χ4v) is 1.63. The van der Waals surface area contributed by atoms with Gasteiger partial charge in [-0.05, 0) is 51.0 Å². The average Bonchev–Trinajstić information content (AvgIpc) is 2.29. The first-order chi connectivity index (χ1) is 8.50. The molecular weight excluding hydrogens is 220 g/mol. The molecule has 0 aliphatic heterocycles. The molecule has 0 radical (unpaired) electrons. The third kappa shape index (κ3) is 4.50. The van der Waals surface area contributed by atoms with Gasteiger partial charge in [-0.15, -0.1) is 0 Å². The molecule has 0 saturated carbocycles. The summed E-state index contributed by atoms with van der Waals surface area (Å²) >= 11 is 0.